The molecule has 1 aromatic carbocycles. The first kappa shape index (κ1) is 13.7. The van der Waals surface area contributed by atoms with Crippen LogP contribution in [0.5, 0.6) is 11.5 Å². The topological polar surface area (TPSA) is 59.6 Å². The molecule has 1 aliphatic rings. The third-order valence-corrected chi connectivity index (χ3v) is 3.47. The molecule has 0 spiro atoms. The molecule has 1 amide bonds. The van der Waals surface area contributed by atoms with E-state index in [0.717, 1.165) is 13.1 Å². The van der Waals surface area contributed by atoms with E-state index in [1.54, 1.807) is 32.4 Å². The van der Waals surface area contributed by atoms with Crippen LogP contribution in [-0.2, 0) is 4.79 Å². The Hall–Kier alpha value is -1.75. The lowest BCUT2D eigenvalue weighted by atomic mass is 9.97. The van der Waals surface area contributed by atoms with Gasteiger partial charge in [-0.2, -0.15) is 0 Å². The molecule has 2 unspecified atom stereocenters. The Morgan fingerprint density at radius 2 is 1.84 bits per heavy atom. The summed E-state index contributed by atoms with van der Waals surface area (Å²) < 4.78 is 10.4. The van der Waals surface area contributed by atoms with Gasteiger partial charge in [-0.05, 0) is 12.5 Å². The summed E-state index contributed by atoms with van der Waals surface area (Å²) in [6.45, 7) is 3.70. The van der Waals surface area contributed by atoms with Crippen LogP contribution in [0.15, 0.2) is 18.2 Å². The predicted molar refractivity (Wildman–Crippen MR) is 73.7 cm³/mol. The number of carbonyl (C=O) groups excluding carboxylic acids is 1. The second-order valence-electron chi connectivity index (χ2n) is 4.83. The van der Waals surface area contributed by atoms with Crippen molar-refractivity contribution in [3.8, 4) is 11.5 Å². The summed E-state index contributed by atoms with van der Waals surface area (Å²) >= 11 is 0. The highest BCUT2D eigenvalue weighted by molar-refractivity contribution is 5.93. The molecule has 19 heavy (non-hydrogen) atoms. The summed E-state index contributed by atoms with van der Waals surface area (Å²) in [7, 11) is 3.17. The van der Waals surface area contributed by atoms with E-state index in [9.17, 15) is 4.79 Å². The molecule has 0 radical (unpaired) electrons. The lowest BCUT2D eigenvalue weighted by molar-refractivity contribution is -0.120. The van der Waals surface area contributed by atoms with Gasteiger partial charge in [0.15, 0.2) is 0 Å². The lowest BCUT2D eigenvalue weighted by Gasteiger charge is -2.15. The van der Waals surface area contributed by atoms with Gasteiger partial charge in [0.25, 0.3) is 0 Å². The number of rotatable bonds is 4. The molecule has 1 heterocycles. The highest BCUT2D eigenvalue weighted by Gasteiger charge is 2.29. The maximum atomic E-state index is 12.2. The van der Waals surface area contributed by atoms with Gasteiger partial charge in [0.1, 0.15) is 11.5 Å². The fourth-order valence-electron chi connectivity index (χ4n) is 2.28. The van der Waals surface area contributed by atoms with Crippen LogP contribution in [0.2, 0.25) is 0 Å². The van der Waals surface area contributed by atoms with Crippen LogP contribution in [0.4, 0.5) is 5.69 Å². The summed E-state index contributed by atoms with van der Waals surface area (Å²) in [4.78, 5) is 12.2. The molecule has 0 saturated carbocycles. The maximum Gasteiger partial charge on any atom is 0.229 e. The monoisotopic (exact) mass is 264 g/mol. The van der Waals surface area contributed by atoms with Gasteiger partial charge in [0, 0.05) is 30.4 Å². The molecular formula is C14H20N2O3. The number of hydrogen-bond acceptors (Lipinski definition) is 4. The van der Waals surface area contributed by atoms with Crippen molar-refractivity contribution in [2.45, 2.75) is 6.92 Å². The molecule has 0 aromatic heterocycles. The number of benzene rings is 1. The number of nitrogens with one attached hydrogen (secondary N) is 2. The smallest absolute Gasteiger partial charge is 0.229 e. The fourth-order valence-corrected chi connectivity index (χ4v) is 2.28. The van der Waals surface area contributed by atoms with Gasteiger partial charge in [0.2, 0.25) is 5.91 Å². The van der Waals surface area contributed by atoms with Crippen LogP contribution in [-0.4, -0.2) is 33.2 Å². The highest BCUT2D eigenvalue weighted by atomic mass is 16.5. The average Bonchev–Trinajstić information content (AvgIpc) is 2.84. The summed E-state index contributed by atoms with van der Waals surface area (Å²) in [5.74, 6) is 1.72. The van der Waals surface area contributed by atoms with E-state index in [1.165, 1.54) is 0 Å². The Morgan fingerprint density at radius 3 is 2.32 bits per heavy atom. The molecule has 2 N–H and O–H groups in total. The molecule has 0 bridgehead atoms. The number of amides is 1. The van der Waals surface area contributed by atoms with E-state index in [0.29, 0.717) is 23.1 Å². The number of methoxy groups -OCH3 is 2. The van der Waals surface area contributed by atoms with E-state index in [2.05, 4.69) is 17.6 Å². The van der Waals surface area contributed by atoms with Crippen molar-refractivity contribution in [3.63, 3.8) is 0 Å². The second kappa shape index (κ2) is 5.93. The zero-order valence-electron chi connectivity index (χ0n) is 11.5. The van der Waals surface area contributed by atoms with Gasteiger partial charge in [-0.3, -0.25) is 4.79 Å². The molecule has 0 aliphatic carbocycles. The molecule has 5 heteroatoms. The van der Waals surface area contributed by atoms with Crippen molar-refractivity contribution in [2.24, 2.45) is 11.8 Å². The molecule has 1 aliphatic heterocycles. The van der Waals surface area contributed by atoms with Crippen molar-refractivity contribution in [3.05, 3.63) is 18.2 Å². The molecule has 1 aromatic rings. The van der Waals surface area contributed by atoms with Gasteiger partial charge in [-0.25, -0.2) is 0 Å². The normalized spacial score (nSPS) is 22.1. The summed E-state index contributed by atoms with van der Waals surface area (Å²) in [6, 6.07) is 5.34. The molecule has 5 nitrogen and oxygen atoms in total. The zero-order valence-corrected chi connectivity index (χ0v) is 11.5. The molecule has 1 fully saturated rings. The van der Waals surface area contributed by atoms with E-state index in [4.69, 9.17) is 9.47 Å². The minimum atomic E-state index is 0.0113. The molecule has 2 atom stereocenters. The summed E-state index contributed by atoms with van der Waals surface area (Å²) in [6.07, 6.45) is 0. The summed E-state index contributed by atoms with van der Waals surface area (Å²) in [5.41, 5.74) is 0.695. The van der Waals surface area contributed by atoms with Gasteiger partial charge in [-0.15, -0.1) is 0 Å². The van der Waals surface area contributed by atoms with E-state index < -0.39 is 0 Å². The Morgan fingerprint density at radius 1 is 1.21 bits per heavy atom. The van der Waals surface area contributed by atoms with Crippen LogP contribution in [0.3, 0.4) is 0 Å². The number of hydrogen-bond donors (Lipinski definition) is 2. The Bertz CT molecular complexity index is 440. The largest absolute Gasteiger partial charge is 0.497 e. The Balaban J connectivity index is 2.11. The van der Waals surface area contributed by atoms with Crippen LogP contribution >= 0.6 is 0 Å². The predicted octanol–water partition coefficient (Wildman–Crippen LogP) is 1.50. The van der Waals surface area contributed by atoms with Crippen molar-refractivity contribution >= 4 is 11.6 Å². The van der Waals surface area contributed by atoms with Crippen LogP contribution in [0, 0.1) is 11.8 Å². The minimum absolute atomic E-state index is 0.0113. The quantitative estimate of drug-likeness (QED) is 0.865. The third-order valence-electron chi connectivity index (χ3n) is 3.47. The SMILES string of the molecule is COc1cc(NC(=O)C2CNCC2C)cc(OC)c1. The first-order chi connectivity index (χ1) is 9.13. The van der Waals surface area contributed by atoms with Gasteiger partial charge < -0.3 is 20.1 Å². The molecule has 104 valence electrons. The number of carbonyl (C=O) groups is 1. The van der Waals surface area contributed by atoms with Crippen molar-refractivity contribution < 1.29 is 14.3 Å². The van der Waals surface area contributed by atoms with Gasteiger partial charge in [-0.1, -0.05) is 6.92 Å². The van der Waals surface area contributed by atoms with Crippen LogP contribution < -0.4 is 20.1 Å². The van der Waals surface area contributed by atoms with E-state index in [1.807, 2.05) is 0 Å². The Labute approximate surface area is 113 Å². The lowest BCUT2D eigenvalue weighted by Crippen LogP contribution is -2.27. The number of anilines is 1. The van der Waals surface area contributed by atoms with Gasteiger partial charge in [0.05, 0.1) is 20.1 Å². The van der Waals surface area contributed by atoms with Crippen molar-refractivity contribution in [1.29, 1.82) is 0 Å². The summed E-state index contributed by atoms with van der Waals surface area (Å²) in [5, 5.41) is 6.15. The highest BCUT2D eigenvalue weighted by Crippen LogP contribution is 2.27. The van der Waals surface area contributed by atoms with E-state index in [-0.39, 0.29) is 11.8 Å². The molecular weight excluding hydrogens is 244 g/mol. The van der Waals surface area contributed by atoms with Gasteiger partial charge >= 0.3 is 0 Å². The van der Waals surface area contributed by atoms with E-state index >= 15 is 0 Å². The molecule has 1 saturated heterocycles. The van der Waals surface area contributed by atoms with Crippen molar-refractivity contribution in [1.82, 2.24) is 5.32 Å². The van der Waals surface area contributed by atoms with Crippen molar-refractivity contribution in [2.75, 3.05) is 32.6 Å². The second-order valence-corrected chi connectivity index (χ2v) is 4.83. The first-order valence-corrected chi connectivity index (χ1v) is 6.38. The standard InChI is InChI=1S/C14H20N2O3/c1-9-7-15-8-13(9)14(17)16-10-4-11(18-2)6-12(5-10)19-3/h4-6,9,13,15H,7-8H2,1-3H3,(H,16,17). The average molecular weight is 264 g/mol. The Kier molecular flexibility index (Phi) is 4.27. The van der Waals surface area contributed by atoms with Crippen LogP contribution in [0.25, 0.3) is 0 Å². The minimum Gasteiger partial charge on any atom is -0.497 e. The zero-order chi connectivity index (χ0) is 13.8. The van der Waals surface area contributed by atoms with Crippen LogP contribution in [0.1, 0.15) is 6.92 Å². The number of ether oxygens (including phenoxy) is 2. The fraction of sp³-hybridized carbons (Fsp3) is 0.500. The maximum absolute atomic E-state index is 12.2. The first-order valence-electron chi connectivity index (χ1n) is 6.38. The molecule has 2 rings (SSSR count). The third kappa shape index (κ3) is 3.17.